The summed E-state index contributed by atoms with van der Waals surface area (Å²) in [6.45, 7) is 6.15. The number of amides is 1. The minimum absolute atomic E-state index is 0.0388. The molecule has 0 aliphatic carbocycles. The lowest BCUT2D eigenvalue weighted by molar-refractivity contribution is -0.126. The van der Waals surface area contributed by atoms with Crippen molar-refractivity contribution in [1.82, 2.24) is 10.2 Å². The van der Waals surface area contributed by atoms with Crippen molar-refractivity contribution in [3.8, 4) is 0 Å². The third-order valence-electron chi connectivity index (χ3n) is 3.88. The van der Waals surface area contributed by atoms with Crippen molar-refractivity contribution in [2.24, 2.45) is 11.7 Å². The van der Waals surface area contributed by atoms with Crippen molar-refractivity contribution in [3.63, 3.8) is 0 Å². The van der Waals surface area contributed by atoms with Crippen molar-refractivity contribution in [3.05, 3.63) is 0 Å². The van der Waals surface area contributed by atoms with Crippen LogP contribution >= 0.6 is 0 Å². The number of methoxy groups -OCH3 is 1. The number of ether oxygens (including phenoxy) is 1. The zero-order valence-electron chi connectivity index (χ0n) is 12.4. The number of hydrogen-bond donors (Lipinski definition) is 2. The number of piperidine rings is 1. The molecule has 0 spiro atoms. The van der Waals surface area contributed by atoms with E-state index in [-0.39, 0.29) is 11.9 Å². The van der Waals surface area contributed by atoms with Gasteiger partial charge in [0.25, 0.3) is 0 Å². The van der Waals surface area contributed by atoms with Crippen molar-refractivity contribution >= 4 is 5.91 Å². The van der Waals surface area contributed by atoms with E-state index in [1.165, 1.54) is 12.8 Å². The summed E-state index contributed by atoms with van der Waals surface area (Å²) in [5.41, 5.74) is 5.63. The lowest BCUT2D eigenvalue weighted by atomic mass is 9.94. The second-order valence-corrected chi connectivity index (χ2v) is 5.39. The summed E-state index contributed by atoms with van der Waals surface area (Å²) in [7, 11) is 1.68. The number of nitrogens with two attached hydrogens (primary N) is 1. The lowest BCUT2D eigenvalue weighted by Crippen LogP contribution is -2.49. The highest BCUT2D eigenvalue weighted by Gasteiger charge is 2.26. The number of carbonyl (C=O) groups is 1. The Morgan fingerprint density at radius 3 is 3.05 bits per heavy atom. The van der Waals surface area contributed by atoms with Crippen molar-refractivity contribution in [2.45, 2.75) is 38.6 Å². The topological polar surface area (TPSA) is 67.6 Å². The van der Waals surface area contributed by atoms with Gasteiger partial charge in [0.05, 0.1) is 6.04 Å². The number of hydrogen-bond acceptors (Lipinski definition) is 4. The van der Waals surface area contributed by atoms with Crippen LogP contribution < -0.4 is 11.1 Å². The quantitative estimate of drug-likeness (QED) is 0.634. The molecular weight excluding hydrogens is 242 g/mol. The Hall–Kier alpha value is -0.650. The molecule has 2 atom stereocenters. The van der Waals surface area contributed by atoms with Gasteiger partial charge in [0.2, 0.25) is 5.91 Å². The molecule has 0 saturated carbocycles. The molecule has 0 aromatic rings. The van der Waals surface area contributed by atoms with Gasteiger partial charge in [-0.05, 0) is 51.6 Å². The molecule has 1 fully saturated rings. The standard InChI is InChI=1S/C14H29N3O2/c1-12(14(18)16-8-4-10-19-2)17-9-3-5-13(11-17)6-7-15/h12-13H,3-11,15H2,1-2H3,(H,16,18). The minimum atomic E-state index is -0.0388. The molecule has 19 heavy (non-hydrogen) atoms. The predicted octanol–water partition coefficient (Wildman–Crippen LogP) is 0.588. The predicted molar refractivity (Wildman–Crippen MR) is 76.9 cm³/mol. The van der Waals surface area contributed by atoms with Gasteiger partial charge in [-0.1, -0.05) is 0 Å². The Balaban J connectivity index is 2.30. The third-order valence-corrected chi connectivity index (χ3v) is 3.88. The van der Waals surface area contributed by atoms with Crippen LogP contribution in [0.2, 0.25) is 0 Å². The molecule has 1 aliphatic rings. The molecule has 1 rings (SSSR count). The molecule has 2 unspecified atom stereocenters. The molecule has 1 aliphatic heterocycles. The number of likely N-dealkylation sites (tertiary alicyclic amines) is 1. The molecule has 112 valence electrons. The van der Waals surface area contributed by atoms with E-state index >= 15 is 0 Å². The molecule has 0 aromatic heterocycles. The third kappa shape index (κ3) is 5.89. The lowest BCUT2D eigenvalue weighted by Gasteiger charge is -2.36. The van der Waals surface area contributed by atoms with Gasteiger partial charge < -0.3 is 15.8 Å². The Labute approximate surface area is 116 Å². The highest BCUT2D eigenvalue weighted by Crippen LogP contribution is 2.20. The van der Waals surface area contributed by atoms with Crippen molar-refractivity contribution < 1.29 is 9.53 Å². The Kier molecular flexibility index (Phi) is 8.02. The normalized spacial score (nSPS) is 22.2. The second kappa shape index (κ2) is 9.28. The van der Waals surface area contributed by atoms with E-state index in [1.807, 2.05) is 6.92 Å². The van der Waals surface area contributed by atoms with Crippen molar-refractivity contribution in [2.75, 3.05) is 39.9 Å². The maximum absolute atomic E-state index is 12.1. The Morgan fingerprint density at radius 1 is 1.58 bits per heavy atom. The molecule has 1 heterocycles. The summed E-state index contributed by atoms with van der Waals surface area (Å²) in [5, 5.41) is 2.98. The van der Waals surface area contributed by atoms with E-state index in [0.29, 0.717) is 19.1 Å². The maximum atomic E-state index is 12.1. The zero-order chi connectivity index (χ0) is 14.1. The van der Waals surface area contributed by atoms with Gasteiger partial charge in [-0.2, -0.15) is 0 Å². The maximum Gasteiger partial charge on any atom is 0.237 e. The fourth-order valence-corrected chi connectivity index (χ4v) is 2.66. The van der Waals surface area contributed by atoms with Gasteiger partial charge in [-0.25, -0.2) is 0 Å². The zero-order valence-corrected chi connectivity index (χ0v) is 12.4. The monoisotopic (exact) mass is 271 g/mol. The summed E-state index contributed by atoms with van der Waals surface area (Å²) < 4.78 is 4.97. The SMILES string of the molecule is COCCCNC(=O)C(C)N1CCCC(CCN)C1. The first-order chi connectivity index (χ1) is 9.19. The summed E-state index contributed by atoms with van der Waals surface area (Å²) >= 11 is 0. The van der Waals surface area contributed by atoms with E-state index in [2.05, 4.69) is 10.2 Å². The van der Waals surface area contributed by atoms with Gasteiger partial charge in [0.1, 0.15) is 0 Å². The van der Waals surface area contributed by atoms with Crippen LogP contribution in [-0.4, -0.2) is 56.7 Å². The van der Waals surface area contributed by atoms with E-state index in [0.717, 1.165) is 32.5 Å². The number of nitrogens with zero attached hydrogens (tertiary/aromatic N) is 1. The first kappa shape index (κ1) is 16.4. The first-order valence-corrected chi connectivity index (χ1v) is 7.39. The van der Waals surface area contributed by atoms with E-state index in [4.69, 9.17) is 10.5 Å². The average molecular weight is 271 g/mol. The summed E-state index contributed by atoms with van der Waals surface area (Å²) in [6.07, 6.45) is 4.35. The van der Waals surface area contributed by atoms with Crippen LogP contribution in [0.4, 0.5) is 0 Å². The van der Waals surface area contributed by atoms with Gasteiger partial charge >= 0.3 is 0 Å². The summed E-state index contributed by atoms with van der Waals surface area (Å²) in [5.74, 6) is 0.784. The van der Waals surface area contributed by atoms with Crippen LogP contribution in [-0.2, 0) is 9.53 Å². The smallest absolute Gasteiger partial charge is 0.237 e. The van der Waals surface area contributed by atoms with Gasteiger partial charge in [0.15, 0.2) is 0 Å². The van der Waals surface area contributed by atoms with Crippen LogP contribution in [0, 0.1) is 5.92 Å². The number of nitrogens with one attached hydrogen (secondary N) is 1. The Bertz CT molecular complexity index is 259. The number of carbonyl (C=O) groups excluding carboxylic acids is 1. The highest BCUT2D eigenvalue weighted by atomic mass is 16.5. The largest absolute Gasteiger partial charge is 0.385 e. The van der Waals surface area contributed by atoms with E-state index < -0.39 is 0 Å². The molecule has 0 aromatic carbocycles. The molecular formula is C14H29N3O2. The van der Waals surface area contributed by atoms with Gasteiger partial charge in [0, 0.05) is 26.8 Å². The van der Waals surface area contributed by atoms with Crippen LogP contribution in [0.5, 0.6) is 0 Å². The molecule has 1 saturated heterocycles. The average Bonchev–Trinajstić information content (AvgIpc) is 2.43. The van der Waals surface area contributed by atoms with E-state index in [9.17, 15) is 4.79 Å². The molecule has 5 nitrogen and oxygen atoms in total. The summed E-state index contributed by atoms with van der Waals surface area (Å²) in [4.78, 5) is 14.3. The van der Waals surface area contributed by atoms with Crippen molar-refractivity contribution in [1.29, 1.82) is 0 Å². The summed E-state index contributed by atoms with van der Waals surface area (Å²) in [6, 6.07) is -0.0388. The van der Waals surface area contributed by atoms with E-state index in [1.54, 1.807) is 7.11 Å². The fourth-order valence-electron chi connectivity index (χ4n) is 2.66. The van der Waals surface area contributed by atoms with Crippen LogP contribution in [0.3, 0.4) is 0 Å². The van der Waals surface area contributed by atoms with Gasteiger partial charge in [-0.15, -0.1) is 0 Å². The first-order valence-electron chi connectivity index (χ1n) is 7.39. The van der Waals surface area contributed by atoms with Crippen LogP contribution in [0.15, 0.2) is 0 Å². The molecule has 1 amide bonds. The van der Waals surface area contributed by atoms with Gasteiger partial charge in [-0.3, -0.25) is 9.69 Å². The molecule has 0 bridgehead atoms. The minimum Gasteiger partial charge on any atom is -0.385 e. The molecule has 3 N–H and O–H groups in total. The van der Waals surface area contributed by atoms with Crippen LogP contribution in [0.25, 0.3) is 0 Å². The van der Waals surface area contributed by atoms with Crippen LogP contribution in [0.1, 0.15) is 32.6 Å². The number of rotatable bonds is 8. The highest BCUT2D eigenvalue weighted by molar-refractivity contribution is 5.81. The fraction of sp³-hybridized carbons (Fsp3) is 0.929. The molecule has 0 radical (unpaired) electrons. The Morgan fingerprint density at radius 2 is 2.37 bits per heavy atom. The molecule has 5 heteroatoms. The second-order valence-electron chi connectivity index (χ2n) is 5.39.